The zero-order chi connectivity index (χ0) is 29.6. The number of hydrogen-bond donors (Lipinski definition) is 2. The average Bonchev–Trinajstić information content (AvgIpc) is 2.91. The molecule has 12 nitrogen and oxygen atoms in total. The van der Waals surface area contributed by atoms with Gasteiger partial charge in [-0.05, 0) is 38.1 Å². The number of ether oxygens (including phenoxy) is 7. The number of anilines is 1. The lowest BCUT2D eigenvalue weighted by Crippen LogP contribution is -2.21. The average molecular weight is 572 g/mol. The van der Waals surface area contributed by atoms with Crippen LogP contribution in [0.2, 0.25) is 0 Å². The molecule has 0 bridgehead atoms. The molecule has 0 aliphatic rings. The fourth-order valence-electron chi connectivity index (χ4n) is 3.20. The Hall–Kier alpha value is -4.68. The van der Waals surface area contributed by atoms with Gasteiger partial charge in [0.2, 0.25) is 0 Å². The third kappa shape index (κ3) is 10.8. The van der Waals surface area contributed by atoms with E-state index < -0.39 is 11.5 Å². The van der Waals surface area contributed by atoms with Crippen LogP contribution < -0.4 is 25.2 Å². The minimum absolute atomic E-state index is 0.0453. The van der Waals surface area contributed by atoms with Gasteiger partial charge in [-0.25, -0.2) is 4.79 Å². The molecule has 0 saturated heterocycles. The van der Waals surface area contributed by atoms with Crippen molar-refractivity contribution in [3.8, 4) is 23.0 Å². The number of carbonyl (C=O) groups is 1. The van der Waals surface area contributed by atoms with Crippen LogP contribution in [0, 0.1) is 0 Å². The molecular weight excluding hydrogens is 538 g/mol. The number of aromatic hydroxyl groups is 1. The fourth-order valence-corrected chi connectivity index (χ4v) is 3.20. The van der Waals surface area contributed by atoms with Gasteiger partial charge in [-0.1, -0.05) is 13.2 Å². The topological polar surface area (TPSA) is 144 Å². The van der Waals surface area contributed by atoms with Gasteiger partial charge >= 0.3 is 5.63 Å². The number of allylic oxidation sites excluding steroid dienone is 2. The van der Waals surface area contributed by atoms with E-state index >= 15 is 0 Å². The molecule has 1 amide bonds. The van der Waals surface area contributed by atoms with E-state index in [0.29, 0.717) is 34.1 Å². The fraction of sp³-hybridized carbons (Fsp3) is 0.310. The molecule has 0 fully saturated rings. The highest BCUT2D eigenvalue weighted by atomic mass is 16.7. The van der Waals surface area contributed by atoms with Gasteiger partial charge in [0.1, 0.15) is 41.8 Å². The van der Waals surface area contributed by atoms with E-state index in [1.807, 2.05) is 0 Å². The maximum atomic E-state index is 12.8. The van der Waals surface area contributed by atoms with E-state index in [4.69, 9.17) is 37.6 Å². The zero-order valence-corrected chi connectivity index (χ0v) is 22.9. The highest BCUT2D eigenvalue weighted by Gasteiger charge is 2.12. The molecule has 3 aromatic rings. The Labute approximate surface area is 236 Å². The molecule has 12 heteroatoms. The Morgan fingerprint density at radius 3 is 2.17 bits per heavy atom. The molecule has 0 unspecified atom stereocenters. The summed E-state index contributed by atoms with van der Waals surface area (Å²) in [4.78, 5) is 24.3. The molecule has 0 saturated carbocycles. The summed E-state index contributed by atoms with van der Waals surface area (Å²) in [6.07, 6.45) is 0. The Balaban J connectivity index is 1.60. The highest BCUT2D eigenvalue weighted by Crippen LogP contribution is 2.30. The summed E-state index contributed by atoms with van der Waals surface area (Å²) in [5.41, 5.74) is -0.241. The van der Waals surface area contributed by atoms with Gasteiger partial charge in [-0.15, -0.1) is 0 Å². The van der Waals surface area contributed by atoms with Gasteiger partial charge in [-0.2, -0.15) is 0 Å². The van der Waals surface area contributed by atoms with Crippen molar-refractivity contribution in [3.63, 3.8) is 0 Å². The monoisotopic (exact) mass is 571 g/mol. The molecule has 220 valence electrons. The summed E-state index contributed by atoms with van der Waals surface area (Å²) in [5.74, 6) is 1.49. The van der Waals surface area contributed by atoms with Crippen molar-refractivity contribution in [2.45, 2.75) is 13.8 Å². The Morgan fingerprint density at radius 1 is 0.854 bits per heavy atom. The second-order valence-electron chi connectivity index (χ2n) is 8.55. The smallest absolute Gasteiger partial charge is 0.339 e. The summed E-state index contributed by atoms with van der Waals surface area (Å²) in [6.45, 7) is 11.4. The molecule has 1 heterocycles. The molecule has 41 heavy (non-hydrogen) atoms. The molecule has 0 spiro atoms. The molecule has 2 aromatic carbocycles. The van der Waals surface area contributed by atoms with E-state index in [1.54, 1.807) is 38.1 Å². The summed E-state index contributed by atoms with van der Waals surface area (Å²) >= 11 is 0. The molecular formula is C29H33NO11. The van der Waals surface area contributed by atoms with Crippen molar-refractivity contribution in [2.24, 2.45) is 0 Å². The molecule has 0 atom stereocenters. The lowest BCUT2D eigenvalue weighted by molar-refractivity contribution is -0.118. The van der Waals surface area contributed by atoms with Crippen LogP contribution in [-0.4, -0.2) is 57.6 Å². The van der Waals surface area contributed by atoms with Crippen LogP contribution in [0.1, 0.15) is 13.8 Å². The first-order valence-electron chi connectivity index (χ1n) is 12.5. The van der Waals surface area contributed by atoms with Crippen molar-refractivity contribution in [1.82, 2.24) is 0 Å². The standard InChI is InChI=1S/C29H33NO11/c1-19(2)39-17-34-9-11-36-21-6-8-26(37-12-10-35-18-40-20(3)4)24(13-21)30-28(32)16-38-22-5-7-23-25(31)15-29(33)41-27(23)14-22/h5-8,13-15,31H,1,3,9-12,16-18H2,2,4H3,(H,30,32). The van der Waals surface area contributed by atoms with Gasteiger partial charge in [-0.3, -0.25) is 4.79 Å². The minimum Gasteiger partial charge on any atom is -0.507 e. The molecule has 3 rings (SSSR count). The van der Waals surface area contributed by atoms with Gasteiger partial charge in [0.05, 0.1) is 41.9 Å². The second-order valence-corrected chi connectivity index (χ2v) is 8.55. The normalized spacial score (nSPS) is 10.6. The van der Waals surface area contributed by atoms with Crippen molar-refractivity contribution >= 4 is 22.6 Å². The van der Waals surface area contributed by atoms with Crippen LogP contribution in [0.25, 0.3) is 11.0 Å². The predicted octanol–water partition coefficient (Wildman–Crippen LogP) is 4.32. The van der Waals surface area contributed by atoms with Gasteiger partial charge < -0.3 is 48.0 Å². The van der Waals surface area contributed by atoms with Crippen LogP contribution in [0.5, 0.6) is 23.0 Å². The minimum atomic E-state index is -0.708. The van der Waals surface area contributed by atoms with Crippen LogP contribution in [0.15, 0.2) is 76.4 Å². The molecule has 0 aliphatic carbocycles. The van der Waals surface area contributed by atoms with Gasteiger partial charge in [0.15, 0.2) is 20.2 Å². The lowest BCUT2D eigenvalue weighted by atomic mass is 10.2. The first-order chi connectivity index (χ1) is 19.7. The molecule has 0 radical (unpaired) electrons. The third-order valence-electron chi connectivity index (χ3n) is 5.05. The maximum absolute atomic E-state index is 12.8. The highest BCUT2D eigenvalue weighted by molar-refractivity contribution is 5.93. The van der Waals surface area contributed by atoms with E-state index in [9.17, 15) is 14.7 Å². The Morgan fingerprint density at radius 2 is 1.49 bits per heavy atom. The first-order valence-corrected chi connectivity index (χ1v) is 12.5. The second kappa shape index (κ2) is 15.8. The van der Waals surface area contributed by atoms with Crippen molar-refractivity contribution < 1.29 is 47.5 Å². The predicted molar refractivity (Wildman–Crippen MR) is 149 cm³/mol. The van der Waals surface area contributed by atoms with Crippen molar-refractivity contribution in [2.75, 3.05) is 51.9 Å². The van der Waals surface area contributed by atoms with Crippen LogP contribution >= 0.6 is 0 Å². The zero-order valence-electron chi connectivity index (χ0n) is 22.9. The van der Waals surface area contributed by atoms with Gasteiger partial charge in [0, 0.05) is 12.1 Å². The number of fused-ring (bicyclic) bond motifs is 1. The summed E-state index contributed by atoms with van der Waals surface area (Å²) in [6, 6.07) is 10.4. The first kappa shape index (κ1) is 30.9. The summed E-state index contributed by atoms with van der Waals surface area (Å²) in [7, 11) is 0. The molecule has 2 N–H and O–H groups in total. The van der Waals surface area contributed by atoms with E-state index in [2.05, 4.69) is 18.5 Å². The van der Waals surface area contributed by atoms with Crippen LogP contribution in [-0.2, 0) is 23.7 Å². The number of nitrogens with one attached hydrogen (secondary N) is 1. The SMILES string of the molecule is C=C(C)OCOCCOc1ccc(OCCOCOC(=C)C)c(NC(=O)COc2ccc3c(O)cc(=O)oc3c2)c1. The Bertz CT molecular complexity index is 1400. The third-order valence-corrected chi connectivity index (χ3v) is 5.05. The van der Waals surface area contributed by atoms with Crippen molar-refractivity contribution in [1.29, 1.82) is 0 Å². The summed E-state index contributed by atoms with van der Waals surface area (Å²) < 4.78 is 43.1. The Kier molecular flexibility index (Phi) is 11.9. The number of hydrogen-bond acceptors (Lipinski definition) is 11. The largest absolute Gasteiger partial charge is 0.507 e. The number of amides is 1. The number of benzene rings is 2. The van der Waals surface area contributed by atoms with E-state index in [0.717, 1.165) is 6.07 Å². The maximum Gasteiger partial charge on any atom is 0.339 e. The van der Waals surface area contributed by atoms with Gasteiger partial charge in [0.25, 0.3) is 5.91 Å². The molecule has 0 aliphatic heterocycles. The lowest BCUT2D eigenvalue weighted by Gasteiger charge is -2.15. The summed E-state index contributed by atoms with van der Waals surface area (Å²) in [5, 5.41) is 13.0. The van der Waals surface area contributed by atoms with Crippen LogP contribution in [0.4, 0.5) is 5.69 Å². The quantitative estimate of drug-likeness (QED) is 0.0975. The number of carbonyl (C=O) groups excluding carboxylic acids is 1. The van der Waals surface area contributed by atoms with E-state index in [1.165, 1.54) is 12.1 Å². The molecule has 1 aromatic heterocycles. The van der Waals surface area contributed by atoms with E-state index in [-0.39, 0.29) is 63.7 Å². The van der Waals surface area contributed by atoms with Crippen LogP contribution in [0.3, 0.4) is 0 Å². The van der Waals surface area contributed by atoms with Crippen molar-refractivity contribution in [3.05, 3.63) is 77.6 Å². The number of rotatable bonds is 18.